The van der Waals surface area contributed by atoms with Crippen LogP contribution >= 0.6 is 12.2 Å². The fraction of sp³-hybridized carbons (Fsp3) is 0.909. The molecule has 0 saturated carbocycles. The number of nitrogens with zero attached hydrogens (tertiary/aromatic N) is 1. The van der Waals surface area contributed by atoms with Crippen molar-refractivity contribution in [3.63, 3.8) is 0 Å². The van der Waals surface area contributed by atoms with Gasteiger partial charge in [-0.3, -0.25) is 0 Å². The summed E-state index contributed by atoms with van der Waals surface area (Å²) in [6.45, 7) is 6.07. The summed E-state index contributed by atoms with van der Waals surface area (Å²) in [6, 6.07) is 0. The second kappa shape index (κ2) is 11.1. The third kappa shape index (κ3) is 7.84. The van der Waals surface area contributed by atoms with Gasteiger partial charge in [-0.15, -0.1) is 0 Å². The second-order valence-electron chi connectivity index (χ2n) is 3.56. The number of nitrogens with one attached hydrogen (secondary N) is 1. The second-order valence-corrected chi connectivity index (χ2v) is 3.94. The van der Waals surface area contributed by atoms with Crippen molar-refractivity contribution in [3.8, 4) is 0 Å². The van der Waals surface area contributed by atoms with Gasteiger partial charge in [0.1, 0.15) is 0 Å². The summed E-state index contributed by atoms with van der Waals surface area (Å²) in [5, 5.41) is 4.04. The van der Waals surface area contributed by atoms with E-state index in [9.17, 15) is 0 Å². The zero-order valence-corrected chi connectivity index (χ0v) is 11.4. The van der Waals surface area contributed by atoms with Gasteiger partial charge >= 0.3 is 0 Å². The van der Waals surface area contributed by atoms with Crippen LogP contribution in [0.5, 0.6) is 0 Å². The average Bonchev–Trinajstić information content (AvgIpc) is 2.29. The van der Waals surface area contributed by atoms with Gasteiger partial charge in [-0.25, -0.2) is 0 Å². The zero-order chi connectivity index (χ0) is 12.2. The van der Waals surface area contributed by atoms with E-state index in [0.717, 1.165) is 31.2 Å². The van der Waals surface area contributed by atoms with Crippen LogP contribution in [0.1, 0.15) is 19.8 Å². The SMILES string of the molecule is CCCCNC(=S)N(CCOC)CCOC. The van der Waals surface area contributed by atoms with Crippen LogP contribution in [0.25, 0.3) is 0 Å². The first-order valence-corrected chi connectivity index (χ1v) is 6.17. The van der Waals surface area contributed by atoms with E-state index >= 15 is 0 Å². The average molecular weight is 248 g/mol. The van der Waals surface area contributed by atoms with E-state index < -0.39 is 0 Å². The number of methoxy groups -OCH3 is 2. The van der Waals surface area contributed by atoms with Crippen molar-refractivity contribution in [1.82, 2.24) is 10.2 Å². The van der Waals surface area contributed by atoms with Gasteiger partial charge in [0, 0.05) is 33.9 Å². The van der Waals surface area contributed by atoms with Gasteiger partial charge in [0.25, 0.3) is 0 Å². The summed E-state index contributed by atoms with van der Waals surface area (Å²) in [6.07, 6.45) is 2.31. The van der Waals surface area contributed by atoms with E-state index in [1.165, 1.54) is 6.42 Å². The summed E-state index contributed by atoms with van der Waals surface area (Å²) in [7, 11) is 3.39. The molecule has 0 bridgehead atoms. The maximum atomic E-state index is 5.32. The van der Waals surface area contributed by atoms with Crippen LogP contribution in [0.3, 0.4) is 0 Å². The molecule has 0 aliphatic rings. The van der Waals surface area contributed by atoms with Gasteiger partial charge in [-0.1, -0.05) is 13.3 Å². The third-order valence-corrected chi connectivity index (χ3v) is 2.63. The lowest BCUT2D eigenvalue weighted by atomic mass is 10.3. The number of hydrogen-bond acceptors (Lipinski definition) is 3. The Hall–Kier alpha value is -0.390. The molecule has 16 heavy (non-hydrogen) atoms. The number of hydrogen-bond donors (Lipinski definition) is 1. The van der Waals surface area contributed by atoms with Gasteiger partial charge < -0.3 is 19.7 Å². The highest BCUT2D eigenvalue weighted by Crippen LogP contribution is 1.92. The van der Waals surface area contributed by atoms with Gasteiger partial charge in [0.15, 0.2) is 5.11 Å². The molecule has 4 nitrogen and oxygen atoms in total. The van der Waals surface area contributed by atoms with Crippen molar-refractivity contribution in [2.75, 3.05) is 47.1 Å². The van der Waals surface area contributed by atoms with E-state index in [1.807, 2.05) is 0 Å². The van der Waals surface area contributed by atoms with E-state index in [4.69, 9.17) is 21.7 Å². The summed E-state index contributed by atoms with van der Waals surface area (Å²) < 4.78 is 10.1. The maximum absolute atomic E-state index is 5.32. The smallest absolute Gasteiger partial charge is 0.169 e. The minimum absolute atomic E-state index is 0.680. The molecule has 0 aromatic carbocycles. The fourth-order valence-corrected chi connectivity index (χ4v) is 1.49. The first kappa shape index (κ1) is 15.6. The van der Waals surface area contributed by atoms with E-state index in [1.54, 1.807) is 14.2 Å². The normalized spacial score (nSPS) is 10.2. The van der Waals surface area contributed by atoms with Crippen molar-refractivity contribution in [2.45, 2.75) is 19.8 Å². The monoisotopic (exact) mass is 248 g/mol. The Morgan fingerprint density at radius 1 is 1.19 bits per heavy atom. The number of ether oxygens (including phenoxy) is 2. The highest BCUT2D eigenvalue weighted by atomic mass is 32.1. The van der Waals surface area contributed by atoms with Gasteiger partial charge in [0.2, 0.25) is 0 Å². The van der Waals surface area contributed by atoms with Gasteiger partial charge in [0.05, 0.1) is 13.2 Å². The largest absolute Gasteiger partial charge is 0.383 e. The lowest BCUT2D eigenvalue weighted by molar-refractivity contribution is 0.146. The minimum Gasteiger partial charge on any atom is -0.383 e. The standard InChI is InChI=1S/C11H24N2O2S/c1-4-5-6-12-11(16)13(7-9-14-2)8-10-15-3/h4-10H2,1-3H3,(H,12,16). The van der Waals surface area contributed by atoms with Crippen LogP contribution in [0.4, 0.5) is 0 Å². The molecule has 0 saturated heterocycles. The molecule has 0 aromatic heterocycles. The van der Waals surface area contributed by atoms with E-state index in [2.05, 4.69) is 17.1 Å². The van der Waals surface area contributed by atoms with E-state index in [0.29, 0.717) is 13.2 Å². The van der Waals surface area contributed by atoms with Crippen molar-refractivity contribution in [2.24, 2.45) is 0 Å². The van der Waals surface area contributed by atoms with Crippen molar-refractivity contribution in [3.05, 3.63) is 0 Å². The zero-order valence-electron chi connectivity index (χ0n) is 10.6. The first-order valence-electron chi connectivity index (χ1n) is 5.76. The number of rotatable bonds is 9. The molecule has 0 fully saturated rings. The predicted octanol–water partition coefficient (Wildman–Crippen LogP) is 1.26. The molecule has 0 aromatic rings. The highest BCUT2D eigenvalue weighted by Gasteiger charge is 2.07. The molecule has 0 spiro atoms. The third-order valence-electron chi connectivity index (χ3n) is 2.22. The van der Waals surface area contributed by atoms with Gasteiger partial charge in [-0.2, -0.15) is 0 Å². The highest BCUT2D eigenvalue weighted by molar-refractivity contribution is 7.80. The summed E-state index contributed by atoms with van der Waals surface area (Å²) in [4.78, 5) is 2.08. The molecule has 0 aliphatic heterocycles. The van der Waals surface area contributed by atoms with Crippen LogP contribution in [0, 0.1) is 0 Å². The fourth-order valence-electron chi connectivity index (χ4n) is 1.20. The molecular weight excluding hydrogens is 224 g/mol. The van der Waals surface area contributed by atoms with Crippen molar-refractivity contribution >= 4 is 17.3 Å². The molecule has 0 atom stereocenters. The molecule has 0 radical (unpaired) electrons. The lowest BCUT2D eigenvalue weighted by Crippen LogP contribution is -2.43. The number of thiocarbonyl (C=S) groups is 1. The van der Waals surface area contributed by atoms with E-state index in [-0.39, 0.29) is 0 Å². The Bertz CT molecular complexity index is 171. The molecule has 1 N–H and O–H groups in total. The predicted molar refractivity (Wildman–Crippen MR) is 70.8 cm³/mol. The molecule has 0 rings (SSSR count). The molecule has 0 heterocycles. The van der Waals surface area contributed by atoms with Gasteiger partial charge in [-0.05, 0) is 18.6 Å². The minimum atomic E-state index is 0.680. The Morgan fingerprint density at radius 2 is 1.75 bits per heavy atom. The van der Waals surface area contributed by atoms with Crippen molar-refractivity contribution in [1.29, 1.82) is 0 Å². The quantitative estimate of drug-likeness (QED) is 0.491. The molecule has 5 heteroatoms. The first-order chi connectivity index (χ1) is 7.76. The Morgan fingerprint density at radius 3 is 2.19 bits per heavy atom. The Labute approximate surface area is 104 Å². The number of unbranched alkanes of at least 4 members (excludes halogenated alkanes) is 1. The topological polar surface area (TPSA) is 33.7 Å². The summed E-state index contributed by atoms with van der Waals surface area (Å²) in [5.74, 6) is 0. The summed E-state index contributed by atoms with van der Waals surface area (Å²) >= 11 is 5.32. The van der Waals surface area contributed by atoms with Crippen LogP contribution in [0.2, 0.25) is 0 Å². The maximum Gasteiger partial charge on any atom is 0.169 e. The Balaban J connectivity index is 3.88. The molecule has 96 valence electrons. The Kier molecular flexibility index (Phi) is 10.8. The van der Waals surface area contributed by atoms with Crippen molar-refractivity contribution < 1.29 is 9.47 Å². The summed E-state index contributed by atoms with van der Waals surface area (Å²) in [5.41, 5.74) is 0. The van der Waals surface area contributed by atoms with Crippen LogP contribution in [-0.4, -0.2) is 57.1 Å². The molecular formula is C11H24N2O2S. The van der Waals surface area contributed by atoms with Crippen LogP contribution in [0.15, 0.2) is 0 Å². The van der Waals surface area contributed by atoms with Crippen LogP contribution < -0.4 is 5.32 Å². The van der Waals surface area contributed by atoms with Crippen LogP contribution in [-0.2, 0) is 9.47 Å². The lowest BCUT2D eigenvalue weighted by Gasteiger charge is -2.25. The molecule has 0 amide bonds. The molecule has 0 unspecified atom stereocenters. The molecule has 0 aliphatic carbocycles.